The van der Waals surface area contributed by atoms with Crippen LogP contribution >= 0.6 is 0 Å². The first-order valence-corrected chi connectivity index (χ1v) is 14.0. The van der Waals surface area contributed by atoms with Gasteiger partial charge in [0.05, 0.1) is 13.2 Å². The number of carbonyl (C=O) groups is 2. The Kier molecular flexibility index (Phi) is 9.86. The Bertz CT molecular complexity index is 1120. The number of unbranched alkanes of at least 4 members (excludes halogenated alkanes) is 2. The van der Waals surface area contributed by atoms with Crippen molar-refractivity contribution < 1.29 is 28.9 Å². The molecule has 0 unspecified atom stereocenters. The summed E-state index contributed by atoms with van der Waals surface area (Å²) < 4.78 is 16.5. The Morgan fingerprint density at radius 2 is 1.74 bits per heavy atom. The van der Waals surface area contributed by atoms with Gasteiger partial charge in [-0.15, -0.1) is 0 Å². The summed E-state index contributed by atoms with van der Waals surface area (Å²) in [6, 6.07) is 12.2. The summed E-state index contributed by atoms with van der Waals surface area (Å²) in [6.07, 6.45) is 3.20. The average molecular weight is 539 g/mol. The maximum Gasteiger partial charge on any atom is 0.220 e. The standard InChI is InChI=1S/C31H42N2O6/c1-31(2)15-16-33(21-31)20-25(30(36)23-11-14-27-28(19-23)39-18-17-38-27)32-29(35)8-6-4-5-7-26(34)22-9-12-24(37-3)13-10-22/h9-14,19,25,30,36H,4-8,15-18,20-21H2,1-3H3,(H,32,35)/t25-,30-/m1/s1. The maximum absolute atomic E-state index is 12.9. The van der Waals surface area contributed by atoms with Gasteiger partial charge in [0, 0.05) is 31.5 Å². The van der Waals surface area contributed by atoms with E-state index < -0.39 is 12.1 Å². The van der Waals surface area contributed by atoms with E-state index in [4.69, 9.17) is 14.2 Å². The molecular formula is C31H42N2O6. The molecule has 2 aliphatic rings. The third-order valence-corrected chi connectivity index (χ3v) is 7.57. The molecule has 0 radical (unpaired) electrons. The summed E-state index contributed by atoms with van der Waals surface area (Å²) in [6.45, 7) is 7.91. The van der Waals surface area contributed by atoms with Gasteiger partial charge in [0.25, 0.3) is 0 Å². The summed E-state index contributed by atoms with van der Waals surface area (Å²) in [5.41, 5.74) is 1.59. The third kappa shape index (κ3) is 8.19. The van der Waals surface area contributed by atoms with Crippen LogP contribution in [0.2, 0.25) is 0 Å². The number of aliphatic hydroxyl groups is 1. The lowest BCUT2D eigenvalue weighted by atomic mass is 9.93. The van der Waals surface area contributed by atoms with E-state index in [0.29, 0.717) is 61.6 Å². The molecule has 0 spiro atoms. The molecule has 2 N–H and O–H groups in total. The summed E-state index contributed by atoms with van der Waals surface area (Å²) in [5.74, 6) is 2.03. The van der Waals surface area contributed by atoms with Crippen molar-refractivity contribution in [2.75, 3.05) is 40.0 Å². The van der Waals surface area contributed by atoms with Crippen LogP contribution in [0.5, 0.6) is 17.2 Å². The van der Waals surface area contributed by atoms with Gasteiger partial charge in [0.1, 0.15) is 25.1 Å². The van der Waals surface area contributed by atoms with Crippen molar-refractivity contribution >= 4 is 11.7 Å². The minimum absolute atomic E-state index is 0.0865. The molecule has 39 heavy (non-hydrogen) atoms. The minimum atomic E-state index is -0.879. The first-order chi connectivity index (χ1) is 18.7. The number of ketones is 1. The molecule has 2 aromatic rings. The van der Waals surface area contributed by atoms with Crippen LogP contribution in [-0.2, 0) is 4.79 Å². The maximum atomic E-state index is 12.9. The molecule has 212 valence electrons. The van der Waals surface area contributed by atoms with Crippen LogP contribution in [0.3, 0.4) is 0 Å². The van der Waals surface area contributed by atoms with E-state index in [1.807, 2.05) is 18.2 Å². The number of benzene rings is 2. The highest BCUT2D eigenvalue weighted by molar-refractivity contribution is 5.96. The quantitative estimate of drug-likeness (QED) is 0.285. The number of fused-ring (bicyclic) bond motifs is 1. The van der Waals surface area contributed by atoms with Crippen LogP contribution in [0.25, 0.3) is 0 Å². The van der Waals surface area contributed by atoms with E-state index in [1.54, 1.807) is 31.4 Å². The van der Waals surface area contributed by atoms with E-state index in [2.05, 4.69) is 24.1 Å². The highest BCUT2D eigenvalue weighted by Crippen LogP contribution is 2.34. The monoisotopic (exact) mass is 538 g/mol. The minimum Gasteiger partial charge on any atom is -0.497 e. The number of carbonyl (C=O) groups excluding carboxylic acids is 2. The molecule has 1 amide bonds. The number of amides is 1. The van der Waals surface area contributed by atoms with Gasteiger partial charge in [-0.05, 0) is 73.2 Å². The molecule has 0 aliphatic carbocycles. The molecule has 0 saturated carbocycles. The lowest BCUT2D eigenvalue weighted by Crippen LogP contribution is -2.47. The molecule has 2 heterocycles. The lowest BCUT2D eigenvalue weighted by Gasteiger charge is -2.30. The molecular weight excluding hydrogens is 496 g/mol. The Morgan fingerprint density at radius 1 is 1.03 bits per heavy atom. The molecule has 0 aromatic heterocycles. The van der Waals surface area contributed by atoms with Crippen LogP contribution < -0.4 is 19.5 Å². The smallest absolute Gasteiger partial charge is 0.220 e. The zero-order chi connectivity index (χ0) is 27.8. The number of nitrogens with zero attached hydrogens (tertiary/aromatic N) is 1. The van der Waals surface area contributed by atoms with Crippen molar-refractivity contribution in [2.45, 2.75) is 64.5 Å². The van der Waals surface area contributed by atoms with Crippen molar-refractivity contribution in [3.8, 4) is 17.2 Å². The van der Waals surface area contributed by atoms with Gasteiger partial charge in [0.15, 0.2) is 17.3 Å². The van der Waals surface area contributed by atoms with Crippen LogP contribution in [0.15, 0.2) is 42.5 Å². The molecule has 8 nitrogen and oxygen atoms in total. The zero-order valence-electron chi connectivity index (χ0n) is 23.4. The molecule has 1 saturated heterocycles. The molecule has 2 aromatic carbocycles. The number of rotatable bonds is 13. The number of likely N-dealkylation sites (tertiary alicyclic amines) is 1. The predicted molar refractivity (Wildman–Crippen MR) is 150 cm³/mol. The van der Waals surface area contributed by atoms with Crippen LogP contribution in [0.4, 0.5) is 0 Å². The number of hydrogen-bond donors (Lipinski definition) is 2. The third-order valence-electron chi connectivity index (χ3n) is 7.57. The van der Waals surface area contributed by atoms with Crippen molar-refractivity contribution in [2.24, 2.45) is 5.41 Å². The van der Waals surface area contributed by atoms with E-state index in [1.165, 1.54) is 0 Å². The number of aliphatic hydroxyl groups excluding tert-OH is 1. The summed E-state index contributed by atoms with van der Waals surface area (Å²) in [4.78, 5) is 27.7. The number of nitrogens with one attached hydrogen (secondary N) is 1. The fourth-order valence-corrected chi connectivity index (χ4v) is 5.31. The topological polar surface area (TPSA) is 97.3 Å². The Labute approximate surface area is 231 Å². The van der Waals surface area contributed by atoms with E-state index in [9.17, 15) is 14.7 Å². The van der Waals surface area contributed by atoms with Gasteiger partial charge in [-0.1, -0.05) is 26.3 Å². The fourth-order valence-electron chi connectivity index (χ4n) is 5.31. The first-order valence-electron chi connectivity index (χ1n) is 14.0. The van der Waals surface area contributed by atoms with Gasteiger partial charge in [-0.3, -0.25) is 9.59 Å². The Morgan fingerprint density at radius 3 is 2.44 bits per heavy atom. The highest BCUT2D eigenvalue weighted by atomic mass is 16.6. The van der Waals surface area contributed by atoms with Gasteiger partial charge in [-0.2, -0.15) is 0 Å². The van der Waals surface area contributed by atoms with Crippen LogP contribution in [0, 0.1) is 5.41 Å². The zero-order valence-corrected chi connectivity index (χ0v) is 23.4. The van der Waals surface area contributed by atoms with Gasteiger partial charge in [0.2, 0.25) is 5.91 Å². The van der Waals surface area contributed by atoms with Crippen molar-refractivity contribution in [3.63, 3.8) is 0 Å². The average Bonchev–Trinajstić information content (AvgIpc) is 3.29. The molecule has 4 rings (SSSR count). The summed E-state index contributed by atoms with van der Waals surface area (Å²) >= 11 is 0. The van der Waals surface area contributed by atoms with E-state index in [-0.39, 0.29) is 17.1 Å². The first kappa shape index (κ1) is 28.9. The predicted octanol–water partition coefficient (Wildman–Crippen LogP) is 4.55. The van der Waals surface area contributed by atoms with Crippen molar-refractivity contribution in [1.82, 2.24) is 10.2 Å². The molecule has 2 atom stereocenters. The van der Waals surface area contributed by atoms with E-state index >= 15 is 0 Å². The Balaban J connectivity index is 1.29. The molecule has 0 bridgehead atoms. The fraction of sp³-hybridized carbons (Fsp3) is 0.548. The van der Waals surface area contributed by atoms with Gasteiger partial charge in [-0.25, -0.2) is 0 Å². The molecule has 1 fully saturated rings. The second-order valence-electron chi connectivity index (χ2n) is 11.4. The number of ether oxygens (including phenoxy) is 3. The van der Waals surface area contributed by atoms with Gasteiger partial charge < -0.3 is 29.5 Å². The lowest BCUT2D eigenvalue weighted by molar-refractivity contribution is -0.123. The second kappa shape index (κ2) is 13.3. The van der Waals surface area contributed by atoms with Crippen LogP contribution in [0.1, 0.15) is 74.4 Å². The number of hydrogen-bond acceptors (Lipinski definition) is 7. The number of methoxy groups -OCH3 is 1. The van der Waals surface area contributed by atoms with Crippen molar-refractivity contribution in [3.05, 3.63) is 53.6 Å². The van der Waals surface area contributed by atoms with Gasteiger partial charge >= 0.3 is 0 Å². The normalized spacial score (nSPS) is 17.8. The SMILES string of the molecule is COc1ccc(C(=O)CCCCCC(=O)N[C@H](CN2CCC(C)(C)C2)[C@H](O)c2ccc3c(c2)OCCO3)cc1. The molecule has 8 heteroatoms. The summed E-state index contributed by atoms with van der Waals surface area (Å²) in [7, 11) is 1.60. The highest BCUT2D eigenvalue weighted by Gasteiger charge is 2.33. The molecule has 2 aliphatic heterocycles. The second-order valence-corrected chi connectivity index (χ2v) is 11.4. The van der Waals surface area contributed by atoms with Crippen molar-refractivity contribution in [1.29, 1.82) is 0 Å². The van der Waals surface area contributed by atoms with Crippen LogP contribution in [-0.4, -0.2) is 67.7 Å². The largest absolute Gasteiger partial charge is 0.497 e. The Hall–Kier alpha value is -3.10. The number of Topliss-reactive ketones (excluding diaryl/α,β-unsaturated/α-hetero) is 1. The van der Waals surface area contributed by atoms with E-state index in [0.717, 1.165) is 38.1 Å². The summed E-state index contributed by atoms with van der Waals surface area (Å²) in [5, 5.41) is 14.5.